The van der Waals surface area contributed by atoms with Gasteiger partial charge in [-0.05, 0) is 37.6 Å². The zero-order valence-corrected chi connectivity index (χ0v) is 11.3. The van der Waals surface area contributed by atoms with Crippen LogP contribution in [0.15, 0.2) is 34.7 Å². The lowest BCUT2D eigenvalue weighted by Gasteiger charge is -2.13. The molecule has 2 N–H and O–H groups in total. The maximum atomic E-state index is 13.1. The highest BCUT2D eigenvalue weighted by Gasteiger charge is 2.14. The van der Waals surface area contributed by atoms with E-state index < -0.39 is 5.97 Å². The van der Waals surface area contributed by atoms with Gasteiger partial charge in [-0.15, -0.1) is 0 Å². The van der Waals surface area contributed by atoms with E-state index in [0.29, 0.717) is 17.9 Å². The molecule has 20 heavy (non-hydrogen) atoms. The Morgan fingerprint density at radius 3 is 2.80 bits per heavy atom. The third-order valence-electron chi connectivity index (χ3n) is 3.09. The minimum Gasteiger partial charge on any atom is -0.475 e. The zero-order chi connectivity index (χ0) is 14.7. The predicted molar refractivity (Wildman–Crippen MR) is 72.1 cm³/mol. The molecule has 0 aliphatic carbocycles. The first-order chi connectivity index (χ1) is 9.47. The number of hydrogen-bond acceptors (Lipinski definition) is 3. The lowest BCUT2D eigenvalue weighted by Crippen LogP contribution is -2.17. The van der Waals surface area contributed by atoms with Crippen LogP contribution in [0.5, 0.6) is 0 Å². The number of halogens is 1. The number of hydrogen-bond donors (Lipinski definition) is 2. The Bertz CT molecular complexity index is 621. The molecule has 0 saturated carbocycles. The van der Waals surface area contributed by atoms with Gasteiger partial charge in [0.05, 0.1) is 6.54 Å². The molecule has 0 spiro atoms. The summed E-state index contributed by atoms with van der Waals surface area (Å²) >= 11 is 0. The van der Waals surface area contributed by atoms with Crippen molar-refractivity contribution in [3.05, 3.63) is 58.8 Å². The molecule has 0 fully saturated rings. The Labute approximate surface area is 116 Å². The van der Waals surface area contributed by atoms with Crippen molar-refractivity contribution >= 4 is 5.97 Å². The van der Waals surface area contributed by atoms with Crippen LogP contribution < -0.4 is 5.32 Å². The van der Waals surface area contributed by atoms with Crippen LogP contribution in [0.2, 0.25) is 0 Å². The Balaban J connectivity index is 2.01. The monoisotopic (exact) mass is 277 g/mol. The van der Waals surface area contributed by atoms with Gasteiger partial charge in [0.2, 0.25) is 5.76 Å². The molecule has 1 atom stereocenters. The second kappa shape index (κ2) is 5.88. The van der Waals surface area contributed by atoms with Crippen LogP contribution in [0.1, 0.15) is 40.4 Å². The van der Waals surface area contributed by atoms with Gasteiger partial charge in [0, 0.05) is 11.6 Å². The summed E-state index contributed by atoms with van der Waals surface area (Å²) < 4.78 is 18.4. The minimum absolute atomic E-state index is 0.0415. The van der Waals surface area contributed by atoms with E-state index in [1.54, 1.807) is 19.1 Å². The second-order valence-corrected chi connectivity index (χ2v) is 4.69. The molecule has 1 aromatic carbocycles. The SMILES string of the molecule is Cc1cc(CN[C@@H](C)c2cccc(F)c2)oc1C(=O)O. The summed E-state index contributed by atoms with van der Waals surface area (Å²) in [7, 11) is 0. The maximum absolute atomic E-state index is 13.1. The third-order valence-corrected chi connectivity index (χ3v) is 3.09. The average molecular weight is 277 g/mol. The van der Waals surface area contributed by atoms with E-state index in [1.807, 2.05) is 13.0 Å². The number of benzene rings is 1. The van der Waals surface area contributed by atoms with Gasteiger partial charge >= 0.3 is 5.97 Å². The van der Waals surface area contributed by atoms with Crippen molar-refractivity contribution in [2.24, 2.45) is 0 Å². The summed E-state index contributed by atoms with van der Waals surface area (Å²) in [6.45, 7) is 3.97. The summed E-state index contributed by atoms with van der Waals surface area (Å²) in [5, 5.41) is 12.1. The first-order valence-electron chi connectivity index (χ1n) is 6.29. The van der Waals surface area contributed by atoms with Crippen LogP contribution in [0.3, 0.4) is 0 Å². The number of furan rings is 1. The molecule has 0 aliphatic rings. The topological polar surface area (TPSA) is 62.5 Å². The van der Waals surface area contributed by atoms with E-state index in [-0.39, 0.29) is 17.6 Å². The van der Waals surface area contributed by atoms with Crippen LogP contribution in [0.4, 0.5) is 4.39 Å². The highest BCUT2D eigenvalue weighted by Crippen LogP contribution is 2.17. The first-order valence-corrected chi connectivity index (χ1v) is 6.29. The van der Waals surface area contributed by atoms with Crippen molar-refractivity contribution in [3.8, 4) is 0 Å². The van der Waals surface area contributed by atoms with Crippen LogP contribution in [0, 0.1) is 12.7 Å². The van der Waals surface area contributed by atoms with Gasteiger partial charge in [0.25, 0.3) is 0 Å². The van der Waals surface area contributed by atoms with E-state index >= 15 is 0 Å². The van der Waals surface area contributed by atoms with Crippen LogP contribution in [0.25, 0.3) is 0 Å². The molecule has 0 saturated heterocycles. The first kappa shape index (κ1) is 14.3. The molecule has 1 heterocycles. The Hall–Kier alpha value is -2.14. The molecular weight excluding hydrogens is 261 g/mol. The summed E-state index contributed by atoms with van der Waals surface area (Å²) in [4.78, 5) is 10.9. The fraction of sp³-hybridized carbons (Fsp3) is 0.267. The number of aromatic carboxylic acids is 1. The van der Waals surface area contributed by atoms with Gasteiger partial charge in [0.15, 0.2) is 0 Å². The van der Waals surface area contributed by atoms with Gasteiger partial charge in [0.1, 0.15) is 11.6 Å². The number of nitrogens with one attached hydrogen (secondary N) is 1. The van der Waals surface area contributed by atoms with Crippen molar-refractivity contribution < 1.29 is 18.7 Å². The standard InChI is InChI=1S/C15H16FNO3/c1-9-6-13(20-14(9)15(18)19)8-17-10(2)11-4-3-5-12(16)7-11/h3-7,10,17H,8H2,1-2H3,(H,18,19)/t10-/m0/s1. The molecular formula is C15H16FNO3. The molecule has 4 nitrogen and oxygen atoms in total. The van der Waals surface area contributed by atoms with Crippen molar-refractivity contribution in [1.82, 2.24) is 5.32 Å². The van der Waals surface area contributed by atoms with E-state index in [4.69, 9.17) is 9.52 Å². The zero-order valence-electron chi connectivity index (χ0n) is 11.3. The van der Waals surface area contributed by atoms with Gasteiger partial charge in [-0.3, -0.25) is 0 Å². The fourth-order valence-electron chi connectivity index (χ4n) is 1.99. The molecule has 0 aliphatic heterocycles. The third kappa shape index (κ3) is 3.24. The van der Waals surface area contributed by atoms with Crippen LogP contribution >= 0.6 is 0 Å². The summed E-state index contributed by atoms with van der Waals surface area (Å²) in [6, 6.07) is 7.97. The largest absolute Gasteiger partial charge is 0.475 e. The van der Waals surface area contributed by atoms with Crippen molar-refractivity contribution in [1.29, 1.82) is 0 Å². The van der Waals surface area contributed by atoms with Crippen molar-refractivity contribution in [2.75, 3.05) is 0 Å². The number of carboxylic acids is 1. The van der Waals surface area contributed by atoms with E-state index in [9.17, 15) is 9.18 Å². The van der Waals surface area contributed by atoms with E-state index in [2.05, 4.69) is 5.32 Å². The van der Waals surface area contributed by atoms with E-state index in [1.165, 1.54) is 12.1 Å². The predicted octanol–water partition coefficient (Wildman–Crippen LogP) is 3.28. The lowest BCUT2D eigenvalue weighted by atomic mass is 10.1. The molecule has 0 radical (unpaired) electrons. The number of aryl methyl sites for hydroxylation is 1. The Kier molecular flexibility index (Phi) is 4.20. The molecule has 0 amide bonds. The molecule has 2 rings (SSSR count). The molecule has 106 valence electrons. The fourth-order valence-corrected chi connectivity index (χ4v) is 1.99. The van der Waals surface area contributed by atoms with Gasteiger partial charge in [-0.2, -0.15) is 0 Å². The highest BCUT2D eigenvalue weighted by molar-refractivity contribution is 5.86. The van der Waals surface area contributed by atoms with Crippen LogP contribution in [-0.2, 0) is 6.54 Å². The van der Waals surface area contributed by atoms with Crippen molar-refractivity contribution in [2.45, 2.75) is 26.4 Å². The van der Waals surface area contributed by atoms with Gasteiger partial charge in [-0.1, -0.05) is 12.1 Å². The molecule has 0 bridgehead atoms. The lowest BCUT2D eigenvalue weighted by molar-refractivity contribution is 0.0659. The average Bonchev–Trinajstić information content (AvgIpc) is 2.77. The minimum atomic E-state index is -1.08. The number of carbonyl (C=O) groups is 1. The summed E-state index contributed by atoms with van der Waals surface area (Å²) in [5.74, 6) is -0.853. The normalized spacial score (nSPS) is 12.3. The number of rotatable bonds is 5. The molecule has 1 aromatic heterocycles. The van der Waals surface area contributed by atoms with E-state index in [0.717, 1.165) is 5.56 Å². The smallest absolute Gasteiger partial charge is 0.372 e. The summed E-state index contributed by atoms with van der Waals surface area (Å²) in [5.41, 5.74) is 1.42. The van der Waals surface area contributed by atoms with Crippen LogP contribution in [-0.4, -0.2) is 11.1 Å². The van der Waals surface area contributed by atoms with Crippen molar-refractivity contribution in [3.63, 3.8) is 0 Å². The highest BCUT2D eigenvalue weighted by atomic mass is 19.1. The molecule has 0 unspecified atom stereocenters. The number of carboxylic acid groups (broad SMARTS) is 1. The second-order valence-electron chi connectivity index (χ2n) is 4.69. The Morgan fingerprint density at radius 2 is 2.20 bits per heavy atom. The Morgan fingerprint density at radius 1 is 1.45 bits per heavy atom. The quantitative estimate of drug-likeness (QED) is 0.880. The maximum Gasteiger partial charge on any atom is 0.372 e. The summed E-state index contributed by atoms with van der Waals surface area (Å²) in [6.07, 6.45) is 0. The van der Waals surface area contributed by atoms with Gasteiger partial charge in [-0.25, -0.2) is 9.18 Å². The molecule has 2 aromatic rings. The molecule has 5 heteroatoms. The van der Waals surface area contributed by atoms with Gasteiger partial charge < -0.3 is 14.8 Å².